The Bertz CT molecular complexity index is 634. The van der Waals surface area contributed by atoms with E-state index in [0.29, 0.717) is 24.6 Å². The molecule has 0 bridgehead atoms. The third-order valence-electron chi connectivity index (χ3n) is 6.39. The number of anilines is 1. The molecule has 1 aromatic heterocycles. The molecule has 3 aliphatic rings. The Balaban J connectivity index is 1.33. The summed E-state index contributed by atoms with van der Waals surface area (Å²) in [4.78, 5) is 7.21. The molecule has 1 saturated heterocycles. The molecule has 2 fully saturated rings. The fourth-order valence-electron chi connectivity index (χ4n) is 4.70. The van der Waals surface area contributed by atoms with Gasteiger partial charge in [-0.1, -0.05) is 6.92 Å². The molecule has 5 nitrogen and oxygen atoms in total. The summed E-state index contributed by atoms with van der Waals surface area (Å²) in [7, 11) is 0. The predicted molar refractivity (Wildman–Crippen MR) is 107 cm³/mol. The van der Waals surface area contributed by atoms with Crippen molar-refractivity contribution < 1.29 is 9.84 Å². The van der Waals surface area contributed by atoms with Crippen LogP contribution in [0.2, 0.25) is 0 Å². The first kappa shape index (κ1) is 18.5. The molecule has 1 unspecified atom stereocenters. The molecule has 1 saturated carbocycles. The fourth-order valence-corrected chi connectivity index (χ4v) is 5.27. The molecule has 0 spiro atoms. The Kier molecular flexibility index (Phi) is 5.72. The Morgan fingerprint density at radius 1 is 1.31 bits per heavy atom. The van der Waals surface area contributed by atoms with Gasteiger partial charge in [0.25, 0.3) is 0 Å². The molecule has 144 valence electrons. The van der Waals surface area contributed by atoms with E-state index in [1.165, 1.54) is 31.2 Å². The molecule has 4 rings (SSSR count). The molecule has 6 heteroatoms. The van der Waals surface area contributed by atoms with Crippen LogP contribution in [-0.4, -0.2) is 52.9 Å². The van der Waals surface area contributed by atoms with Gasteiger partial charge in [-0.15, -0.1) is 0 Å². The number of nitrogens with one attached hydrogen (secondary N) is 1. The minimum atomic E-state index is 0.289. The maximum atomic E-state index is 9.36. The van der Waals surface area contributed by atoms with Gasteiger partial charge in [0.2, 0.25) is 0 Å². The van der Waals surface area contributed by atoms with Crippen LogP contribution in [0, 0.1) is 5.92 Å². The maximum absolute atomic E-state index is 9.36. The zero-order chi connectivity index (χ0) is 18.1. The van der Waals surface area contributed by atoms with Gasteiger partial charge in [0.1, 0.15) is 17.7 Å². The number of aromatic nitrogens is 1. The molecular weight excluding hydrogens is 394 g/mol. The normalized spacial score (nSPS) is 31.7. The van der Waals surface area contributed by atoms with Crippen molar-refractivity contribution in [3.05, 3.63) is 16.2 Å². The lowest BCUT2D eigenvalue weighted by atomic mass is 9.90. The molecule has 26 heavy (non-hydrogen) atoms. The summed E-state index contributed by atoms with van der Waals surface area (Å²) < 4.78 is 7.01. The van der Waals surface area contributed by atoms with Gasteiger partial charge in [0, 0.05) is 37.2 Å². The van der Waals surface area contributed by atoms with Crippen molar-refractivity contribution in [2.75, 3.05) is 25.0 Å². The number of rotatable bonds is 5. The standard InChI is InChI=1S/C20H30BrN3O2/c1-2-16-9-17-18(26-16)10-22-20(19(17)21)23-14-3-5-15(6-4-14)24-8-7-13(11-24)12-25/h10,13-16,25H,2-9,11-12H2,1H3,(H,22,23)/t13-,14?,15?,16?/m1/s1. The van der Waals surface area contributed by atoms with Gasteiger partial charge >= 0.3 is 0 Å². The highest BCUT2D eigenvalue weighted by Crippen LogP contribution is 2.39. The van der Waals surface area contributed by atoms with Crippen molar-refractivity contribution in [1.82, 2.24) is 9.88 Å². The van der Waals surface area contributed by atoms with E-state index in [1.807, 2.05) is 6.20 Å². The van der Waals surface area contributed by atoms with E-state index in [1.54, 1.807) is 0 Å². The number of fused-ring (bicyclic) bond motifs is 1. The summed E-state index contributed by atoms with van der Waals surface area (Å²) in [6, 6.07) is 1.19. The Hall–Kier alpha value is -0.850. The van der Waals surface area contributed by atoms with Crippen LogP contribution in [0.3, 0.4) is 0 Å². The summed E-state index contributed by atoms with van der Waals surface area (Å²) in [6.07, 6.45) is 10.2. The van der Waals surface area contributed by atoms with Crippen LogP contribution < -0.4 is 10.1 Å². The number of aliphatic hydroxyl groups excluding tert-OH is 1. The fraction of sp³-hybridized carbons (Fsp3) is 0.750. The van der Waals surface area contributed by atoms with Crippen molar-refractivity contribution in [1.29, 1.82) is 0 Å². The lowest BCUT2D eigenvalue weighted by molar-refractivity contribution is 0.165. The summed E-state index contributed by atoms with van der Waals surface area (Å²) in [5, 5.41) is 13.0. The highest BCUT2D eigenvalue weighted by atomic mass is 79.9. The largest absolute Gasteiger partial charge is 0.488 e. The van der Waals surface area contributed by atoms with Crippen LogP contribution in [0.4, 0.5) is 5.82 Å². The molecule has 2 N–H and O–H groups in total. The van der Waals surface area contributed by atoms with Gasteiger partial charge < -0.3 is 20.1 Å². The SMILES string of the molecule is CCC1Cc2c(cnc(NC3CCC(N4CC[C@@H](CO)C4)CC3)c2Br)O1. The number of pyridine rings is 1. The van der Waals surface area contributed by atoms with E-state index in [2.05, 4.69) is 38.1 Å². The molecule has 0 aromatic carbocycles. The van der Waals surface area contributed by atoms with E-state index >= 15 is 0 Å². The van der Waals surface area contributed by atoms with Gasteiger partial charge in [0.05, 0.1) is 10.7 Å². The summed E-state index contributed by atoms with van der Waals surface area (Å²) in [5.74, 6) is 2.39. The Morgan fingerprint density at radius 3 is 2.81 bits per heavy atom. The minimum absolute atomic E-state index is 0.289. The van der Waals surface area contributed by atoms with E-state index < -0.39 is 0 Å². The van der Waals surface area contributed by atoms with Crippen LogP contribution in [0.15, 0.2) is 10.7 Å². The monoisotopic (exact) mass is 423 g/mol. The van der Waals surface area contributed by atoms with Crippen LogP contribution in [0.5, 0.6) is 5.75 Å². The Morgan fingerprint density at radius 2 is 2.12 bits per heavy atom. The zero-order valence-corrected chi connectivity index (χ0v) is 17.2. The smallest absolute Gasteiger partial charge is 0.142 e. The number of aliphatic hydroxyl groups is 1. The minimum Gasteiger partial charge on any atom is -0.488 e. The van der Waals surface area contributed by atoms with Gasteiger partial charge in [-0.2, -0.15) is 0 Å². The molecule has 2 aliphatic heterocycles. The van der Waals surface area contributed by atoms with Crippen molar-refractivity contribution in [2.24, 2.45) is 5.92 Å². The molecule has 1 aliphatic carbocycles. The van der Waals surface area contributed by atoms with Gasteiger partial charge in [0.15, 0.2) is 0 Å². The number of hydrogen-bond donors (Lipinski definition) is 2. The first-order chi connectivity index (χ1) is 12.7. The first-order valence-corrected chi connectivity index (χ1v) is 10.9. The van der Waals surface area contributed by atoms with E-state index in [-0.39, 0.29) is 6.10 Å². The second-order valence-corrected chi connectivity index (χ2v) is 8.89. The number of likely N-dealkylation sites (tertiary alicyclic amines) is 1. The van der Waals surface area contributed by atoms with Gasteiger partial charge in [-0.3, -0.25) is 0 Å². The number of nitrogens with zero attached hydrogens (tertiary/aromatic N) is 2. The second kappa shape index (κ2) is 8.03. The third-order valence-corrected chi connectivity index (χ3v) is 7.25. The maximum Gasteiger partial charge on any atom is 0.142 e. The number of halogens is 1. The molecule has 2 atom stereocenters. The first-order valence-electron chi connectivity index (χ1n) is 10.1. The zero-order valence-electron chi connectivity index (χ0n) is 15.6. The summed E-state index contributed by atoms with van der Waals surface area (Å²) in [6.45, 7) is 4.74. The molecular formula is C20H30BrN3O2. The van der Waals surface area contributed by atoms with Gasteiger partial charge in [-0.05, 0) is 66.9 Å². The Labute approximate surface area is 164 Å². The quantitative estimate of drug-likeness (QED) is 0.757. The molecule has 0 amide bonds. The lowest BCUT2D eigenvalue weighted by Gasteiger charge is -2.35. The molecule has 3 heterocycles. The van der Waals surface area contributed by atoms with E-state index in [4.69, 9.17) is 4.74 Å². The molecule has 1 aromatic rings. The lowest BCUT2D eigenvalue weighted by Crippen LogP contribution is -2.39. The highest BCUT2D eigenvalue weighted by Gasteiger charge is 2.32. The van der Waals surface area contributed by atoms with Crippen molar-refractivity contribution in [2.45, 2.75) is 70.1 Å². The van der Waals surface area contributed by atoms with E-state index in [0.717, 1.165) is 48.4 Å². The average molecular weight is 424 g/mol. The van der Waals surface area contributed by atoms with Crippen molar-refractivity contribution in [3.8, 4) is 5.75 Å². The predicted octanol–water partition coefficient (Wildman–Crippen LogP) is 3.59. The highest BCUT2D eigenvalue weighted by molar-refractivity contribution is 9.10. The van der Waals surface area contributed by atoms with Crippen LogP contribution in [-0.2, 0) is 6.42 Å². The van der Waals surface area contributed by atoms with Gasteiger partial charge in [-0.25, -0.2) is 4.98 Å². The number of hydrogen-bond acceptors (Lipinski definition) is 5. The summed E-state index contributed by atoms with van der Waals surface area (Å²) >= 11 is 3.76. The van der Waals surface area contributed by atoms with Crippen LogP contribution in [0.1, 0.15) is 51.0 Å². The third kappa shape index (κ3) is 3.73. The topological polar surface area (TPSA) is 57.6 Å². The van der Waals surface area contributed by atoms with Crippen molar-refractivity contribution in [3.63, 3.8) is 0 Å². The number of ether oxygens (including phenoxy) is 1. The summed E-state index contributed by atoms with van der Waals surface area (Å²) in [5.41, 5.74) is 1.26. The van der Waals surface area contributed by atoms with Crippen LogP contribution in [0.25, 0.3) is 0 Å². The second-order valence-electron chi connectivity index (χ2n) is 8.10. The van der Waals surface area contributed by atoms with Crippen molar-refractivity contribution >= 4 is 21.7 Å². The van der Waals surface area contributed by atoms with Crippen LogP contribution >= 0.6 is 15.9 Å². The average Bonchev–Trinajstić information content (AvgIpc) is 3.31. The van der Waals surface area contributed by atoms with E-state index in [9.17, 15) is 5.11 Å². The molecule has 0 radical (unpaired) electrons.